The van der Waals surface area contributed by atoms with E-state index in [0.29, 0.717) is 35.3 Å². The number of fused-ring (bicyclic) bond motifs is 3. The smallest absolute Gasteiger partial charge is 0.267 e. The van der Waals surface area contributed by atoms with Gasteiger partial charge in [-0.3, -0.25) is 4.79 Å². The summed E-state index contributed by atoms with van der Waals surface area (Å²) in [5.41, 5.74) is 10.4. The normalized spacial score (nSPS) is 13.0. The van der Waals surface area contributed by atoms with Gasteiger partial charge in [-0.05, 0) is 37.1 Å². The Labute approximate surface area is 171 Å². The van der Waals surface area contributed by atoms with Crippen molar-refractivity contribution in [1.82, 2.24) is 4.98 Å². The molecule has 2 aromatic carbocycles. The topological polar surface area (TPSA) is 86.5 Å². The number of carbonyl (C=O) groups is 1. The number of pyridine rings is 1. The number of amides is 1. The van der Waals surface area contributed by atoms with Crippen molar-refractivity contribution in [3.63, 3.8) is 0 Å². The van der Waals surface area contributed by atoms with Crippen molar-refractivity contribution in [3.8, 4) is 11.5 Å². The molecule has 0 saturated carbocycles. The van der Waals surface area contributed by atoms with Crippen LogP contribution in [0.1, 0.15) is 20.8 Å². The van der Waals surface area contributed by atoms with Gasteiger partial charge >= 0.3 is 0 Å². The highest BCUT2D eigenvalue weighted by atomic mass is 32.1. The van der Waals surface area contributed by atoms with Gasteiger partial charge in [0.2, 0.25) is 0 Å². The molecule has 7 heteroatoms. The molecule has 1 amide bonds. The molecule has 0 atom stereocenters. The second kappa shape index (κ2) is 6.63. The van der Waals surface area contributed by atoms with E-state index in [9.17, 15) is 4.79 Å². The monoisotopic (exact) mass is 405 g/mol. The molecular weight excluding hydrogens is 386 g/mol. The van der Waals surface area contributed by atoms with E-state index in [1.165, 1.54) is 11.3 Å². The first-order valence-electron chi connectivity index (χ1n) is 9.31. The van der Waals surface area contributed by atoms with Crippen molar-refractivity contribution in [3.05, 3.63) is 52.4 Å². The molecule has 146 valence electrons. The molecule has 3 heterocycles. The average molecular weight is 405 g/mol. The summed E-state index contributed by atoms with van der Waals surface area (Å²) in [6, 6.07) is 11.6. The van der Waals surface area contributed by atoms with Gasteiger partial charge in [0.1, 0.15) is 22.9 Å². The fourth-order valence-electron chi connectivity index (χ4n) is 3.59. The minimum atomic E-state index is -0.224. The number of nitrogens with zero attached hydrogens (tertiary/aromatic N) is 1. The Morgan fingerprint density at radius 3 is 2.52 bits per heavy atom. The van der Waals surface area contributed by atoms with Crippen LogP contribution in [0.25, 0.3) is 21.1 Å². The molecule has 0 unspecified atom stereocenters. The molecule has 0 spiro atoms. The van der Waals surface area contributed by atoms with Crippen LogP contribution in [0.15, 0.2) is 36.4 Å². The zero-order chi connectivity index (χ0) is 20.1. The molecule has 5 rings (SSSR count). The summed E-state index contributed by atoms with van der Waals surface area (Å²) in [4.78, 5) is 18.9. The molecule has 0 saturated heterocycles. The van der Waals surface area contributed by atoms with Crippen LogP contribution in [0.4, 0.5) is 11.4 Å². The number of ether oxygens (including phenoxy) is 2. The van der Waals surface area contributed by atoms with E-state index in [1.807, 2.05) is 50.2 Å². The van der Waals surface area contributed by atoms with E-state index < -0.39 is 0 Å². The summed E-state index contributed by atoms with van der Waals surface area (Å²) in [7, 11) is 0. The summed E-state index contributed by atoms with van der Waals surface area (Å²) < 4.78 is 11.3. The first-order valence-corrected chi connectivity index (χ1v) is 10.1. The van der Waals surface area contributed by atoms with Gasteiger partial charge in [0.05, 0.1) is 11.2 Å². The van der Waals surface area contributed by atoms with Crippen molar-refractivity contribution < 1.29 is 14.3 Å². The SMILES string of the molecule is Cc1cccc(C)c1NC(=O)c1sc2nc3cc4c(cc3cc2c1N)OCCO4. The number of hydrogen-bond acceptors (Lipinski definition) is 6. The second-order valence-corrected chi connectivity index (χ2v) is 8.09. The number of nitrogens with two attached hydrogens (primary N) is 1. The zero-order valence-corrected chi connectivity index (χ0v) is 16.9. The fourth-order valence-corrected chi connectivity index (χ4v) is 4.57. The maximum atomic E-state index is 13.0. The Morgan fingerprint density at radius 2 is 1.79 bits per heavy atom. The zero-order valence-electron chi connectivity index (χ0n) is 16.0. The summed E-state index contributed by atoms with van der Waals surface area (Å²) in [5.74, 6) is 1.16. The minimum Gasteiger partial charge on any atom is -0.486 e. The average Bonchev–Trinajstić information content (AvgIpc) is 3.03. The van der Waals surface area contributed by atoms with Gasteiger partial charge in [-0.2, -0.15) is 0 Å². The summed E-state index contributed by atoms with van der Waals surface area (Å²) in [5, 5.41) is 4.67. The lowest BCUT2D eigenvalue weighted by atomic mass is 10.1. The van der Waals surface area contributed by atoms with Crippen LogP contribution < -0.4 is 20.5 Å². The first-order chi connectivity index (χ1) is 14.0. The largest absolute Gasteiger partial charge is 0.486 e. The lowest BCUT2D eigenvalue weighted by Crippen LogP contribution is -2.15. The third-order valence-electron chi connectivity index (χ3n) is 5.10. The summed E-state index contributed by atoms with van der Waals surface area (Å²) >= 11 is 1.29. The molecule has 1 aliphatic heterocycles. The lowest BCUT2D eigenvalue weighted by Gasteiger charge is -2.18. The fraction of sp³-hybridized carbons (Fsp3) is 0.182. The van der Waals surface area contributed by atoms with Gasteiger partial charge in [-0.1, -0.05) is 18.2 Å². The predicted molar refractivity (Wildman–Crippen MR) is 116 cm³/mol. The van der Waals surface area contributed by atoms with Crippen LogP contribution >= 0.6 is 11.3 Å². The van der Waals surface area contributed by atoms with E-state index in [-0.39, 0.29) is 5.91 Å². The van der Waals surface area contributed by atoms with Gasteiger partial charge in [0, 0.05) is 22.5 Å². The van der Waals surface area contributed by atoms with E-state index in [0.717, 1.165) is 37.9 Å². The van der Waals surface area contributed by atoms with Crippen molar-refractivity contribution >= 4 is 49.7 Å². The predicted octanol–water partition coefficient (Wildman–Crippen LogP) is 4.67. The molecule has 2 aromatic heterocycles. The number of para-hydroxylation sites is 1. The number of thiophene rings is 1. The third-order valence-corrected chi connectivity index (χ3v) is 6.22. The molecule has 1 aliphatic rings. The summed E-state index contributed by atoms with van der Waals surface area (Å²) in [6.07, 6.45) is 0. The van der Waals surface area contributed by atoms with E-state index >= 15 is 0 Å². The van der Waals surface area contributed by atoms with E-state index in [2.05, 4.69) is 5.32 Å². The van der Waals surface area contributed by atoms with Crippen molar-refractivity contribution in [1.29, 1.82) is 0 Å². The van der Waals surface area contributed by atoms with Gasteiger partial charge in [0.15, 0.2) is 11.5 Å². The molecule has 0 bridgehead atoms. The molecule has 3 N–H and O–H groups in total. The van der Waals surface area contributed by atoms with Gasteiger partial charge in [-0.25, -0.2) is 4.98 Å². The van der Waals surface area contributed by atoms with Crippen molar-refractivity contribution in [2.45, 2.75) is 13.8 Å². The van der Waals surface area contributed by atoms with Crippen molar-refractivity contribution in [2.75, 3.05) is 24.3 Å². The number of nitrogens with one attached hydrogen (secondary N) is 1. The number of nitrogen functional groups attached to an aromatic ring is 1. The Hall–Kier alpha value is -3.32. The van der Waals surface area contributed by atoms with Crippen molar-refractivity contribution in [2.24, 2.45) is 0 Å². The van der Waals surface area contributed by atoms with Crippen LogP contribution in [0.3, 0.4) is 0 Å². The van der Waals surface area contributed by atoms with Gasteiger partial charge in [0.25, 0.3) is 5.91 Å². The van der Waals surface area contributed by atoms with Gasteiger partial charge < -0.3 is 20.5 Å². The van der Waals surface area contributed by atoms with E-state index in [4.69, 9.17) is 20.2 Å². The molecule has 0 aliphatic carbocycles. The third kappa shape index (κ3) is 2.94. The highest BCUT2D eigenvalue weighted by molar-refractivity contribution is 7.21. The number of rotatable bonds is 2. The number of carbonyl (C=O) groups excluding carboxylic acids is 1. The lowest BCUT2D eigenvalue weighted by molar-refractivity contribution is 0.103. The van der Waals surface area contributed by atoms with Crippen LogP contribution in [0.5, 0.6) is 11.5 Å². The highest BCUT2D eigenvalue weighted by Gasteiger charge is 2.20. The van der Waals surface area contributed by atoms with Crippen LogP contribution in [-0.2, 0) is 0 Å². The molecule has 0 radical (unpaired) electrons. The number of aromatic nitrogens is 1. The number of hydrogen-bond donors (Lipinski definition) is 2. The standard InChI is InChI=1S/C22H19N3O3S/c1-11-4-3-5-12(2)19(11)25-21(26)20-18(23)14-8-13-9-16-17(28-7-6-27-16)10-15(13)24-22(14)29-20/h3-5,8-10H,6-7,23H2,1-2H3,(H,25,26). The van der Waals surface area contributed by atoms with E-state index in [1.54, 1.807) is 0 Å². The molecule has 29 heavy (non-hydrogen) atoms. The number of anilines is 2. The maximum Gasteiger partial charge on any atom is 0.267 e. The maximum absolute atomic E-state index is 13.0. The van der Waals surface area contributed by atoms with Crippen LogP contribution in [-0.4, -0.2) is 24.1 Å². The highest BCUT2D eigenvalue weighted by Crippen LogP contribution is 2.39. The first kappa shape index (κ1) is 17.8. The molecule has 0 fully saturated rings. The Bertz CT molecular complexity index is 1280. The van der Waals surface area contributed by atoms with Gasteiger partial charge in [-0.15, -0.1) is 11.3 Å². The second-order valence-electron chi connectivity index (χ2n) is 7.10. The molecule has 4 aromatic rings. The van der Waals surface area contributed by atoms with Crippen LogP contribution in [0, 0.1) is 13.8 Å². The minimum absolute atomic E-state index is 0.224. The number of benzene rings is 2. The Morgan fingerprint density at radius 1 is 1.10 bits per heavy atom. The summed E-state index contributed by atoms with van der Waals surface area (Å²) in [6.45, 7) is 4.99. The molecule has 6 nitrogen and oxygen atoms in total. The quantitative estimate of drug-likeness (QED) is 0.506. The number of aryl methyl sites for hydroxylation is 2. The van der Waals surface area contributed by atoms with Crippen LogP contribution in [0.2, 0.25) is 0 Å². The molecular formula is C22H19N3O3S. The Balaban J connectivity index is 1.58. The Kier molecular flexibility index (Phi) is 4.06.